The number of benzene rings is 1. The number of non-ortho nitro benzene ring substituents is 1. The van der Waals surface area contributed by atoms with Gasteiger partial charge in [0.2, 0.25) is 5.91 Å². The third-order valence-corrected chi connectivity index (χ3v) is 2.89. The summed E-state index contributed by atoms with van der Waals surface area (Å²) in [4.78, 5) is 22.1. The Morgan fingerprint density at radius 3 is 2.80 bits per heavy atom. The third-order valence-electron chi connectivity index (χ3n) is 2.89. The van der Waals surface area contributed by atoms with E-state index in [2.05, 4.69) is 5.32 Å². The van der Waals surface area contributed by atoms with Crippen LogP contribution in [0.5, 0.6) is 0 Å². The molecule has 0 aliphatic carbocycles. The summed E-state index contributed by atoms with van der Waals surface area (Å²) in [6, 6.07) is 5.13. The molecule has 0 fully saturated rings. The van der Waals surface area contributed by atoms with Crippen molar-refractivity contribution in [3.05, 3.63) is 39.9 Å². The minimum absolute atomic E-state index is 0.00334. The normalized spacial score (nSPS) is 13.6. The van der Waals surface area contributed by atoms with Gasteiger partial charge in [0.05, 0.1) is 17.6 Å². The Morgan fingerprint density at radius 2 is 2.25 bits per heavy atom. The van der Waals surface area contributed by atoms with Crippen molar-refractivity contribution >= 4 is 11.6 Å². The van der Waals surface area contributed by atoms with Gasteiger partial charge in [-0.15, -0.1) is 0 Å². The maximum Gasteiger partial charge on any atom is 0.269 e. The highest BCUT2D eigenvalue weighted by Crippen LogP contribution is 2.21. The van der Waals surface area contributed by atoms with Crippen molar-refractivity contribution in [3.63, 3.8) is 0 Å². The first-order valence-electron chi connectivity index (χ1n) is 6.28. The minimum atomic E-state index is -0.757. The van der Waals surface area contributed by atoms with Gasteiger partial charge in [-0.3, -0.25) is 14.9 Å². The molecule has 7 nitrogen and oxygen atoms in total. The number of hydrogen-bond donors (Lipinski definition) is 2. The van der Waals surface area contributed by atoms with E-state index >= 15 is 0 Å². The van der Waals surface area contributed by atoms with Crippen molar-refractivity contribution in [1.29, 1.82) is 0 Å². The summed E-state index contributed by atoms with van der Waals surface area (Å²) in [6.45, 7) is 2.00. The quantitative estimate of drug-likeness (QED) is 0.575. The first kappa shape index (κ1) is 16.1. The topological polar surface area (TPSA) is 107 Å². The molecule has 0 aliphatic rings. The molecule has 1 aromatic rings. The van der Waals surface area contributed by atoms with Crippen LogP contribution in [0, 0.1) is 10.1 Å². The third kappa shape index (κ3) is 4.29. The molecule has 2 unspecified atom stereocenters. The number of carbonyl (C=O) groups is 1. The van der Waals surface area contributed by atoms with E-state index in [4.69, 9.17) is 10.5 Å². The predicted octanol–water partition coefficient (Wildman–Crippen LogP) is 1.14. The number of nitrogens with zero attached hydrogens (tertiary/aromatic N) is 1. The van der Waals surface area contributed by atoms with Gasteiger partial charge in [-0.25, -0.2) is 0 Å². The minimum Gasteiger partial charge on any atom is -0.383 e. The highest BCUT2D eigenvalue weighted by Gasteiger charge is 2.19. The van der Waals surface area contributed by atoms with Gasteiger partial charge in [0.25, 0.3) is 5.69 Å². The highest BCUT2D eigenvalue weighted by molar-refractivity contribution is 5.82. The largest absolute Gasteiger partial charge is 0.383 e. The van der Waals surface area contributed by atoms with E-state index in [0.29, 0.717) is 12.0 Å². The molecule has 0 aliphatic heterocycles. The summed E-state index contributed by atoms with van der Waals surface area (Å²) in [5, 5.41) is 13.5. The summed E-state index contributed by atoms with van der Waals surface area (Å²) < 4.78 is 4.82. The van der Waals surface area contributed by atoms with Crippen LogP contribution in [0.25, 0.3) is 0 Å². The number of carbonyl (C=O) groups excluding carboxylic acids is 1. The van der Waals surface area contributed by atoms with Gasteiger partial charge in [0, 0.05) is 19.2 Å². The second-order valence-corrected chi connectivity index (χ2v) is 4.38. The van der Waals surface area contributed by atoms with Gasteiger partial charge in [-0.05, 0) is 12.0 Å². The summed E-state index contributed by atoms with van der Waals surface area (Å²) in [6.07, 6.45) is 0.604. The predicted molar refractivity (Wildman–Crippen MR) is 74.1 cm³/mol. The summed E-state index contributed by atoms with van der Waals surface area (Å²) in [5.41, 5.74) is 6.32. The van der Waals surface area contributed by atoms with Crippen LogP contribution in [-0.4, -0.2) is 30.6 Å². The maximum absolute atomic E-state index is 11.8. The van der Waals surface area contributed by atoms with Crippen LogP contribution in [0.1, 0.15) is 24.9 Å². The molecule has 0 bridgehead atoms. The summed E-state index contributed by atoms with van der Waals surface area (Å²) >= 11 is 0. The second-order valence-electron chi connectivity index (χ2n) is 4.38. The Labute approximate surface area is 117 Å². The van der Waals surface area contributed by atoms with Crippen molar-refractivity contribution in [2.24, 2.45) is 5.73 Å². The molecule has 0 radical (unpaired) electrons. The van der Waals surface area contributed by atoms with Gasteiger partial charge < -0.3 is 15.8 Å². The maximum atomic E-state index is 11.8. The molecule has 0 aromatic heterocycles. The van der Waals surface area contributed by atoms with Gasteiger partial charge in [-0.2, -0.15) is 0 Å². The summed E-state index contributed by atoms with van der Waals surface area (Å²) in [5.74, 6) is -0.342. The first-order valence-corrected chi connectivity index (χ1v) is 6.28. The molecule has 0 spiro atoms. The van der Waals surface area contributed by atoms with Crippen LogP contribution in [-0.2, 0) is 9.53 Å². The lowest BCUT2D eigenvalue weighted by atomic mass is 10.0. The fraction of sp³-hybridized carbons (Fsp3) is 0.462. The van der Waals surface area contributed by atoms with E-state index < -0.39 is 11.0 Å². The van der Waals surface area contributed by atoms with Crippen molar-refractivity contribution in [3.8, 4) is 0 Å². The molecule has 20 heavy (non-hydrogen) atoms. The van der Waals surface area contributed by atoms with E-state index in [1.54, 1.807) is 12.1 Å². The molecule has 0 saturated heterocycles. The fourth-order valence-corrected chi connectivity index (χ4v) is 1.81. The zero-order valence-corrected chi connectivity index (χ0v) is 11.5. The molecule has 110 valence electrons. The molecular formula is C13H19N3O4. The van der Waals surface area contributed by atoms with Crippen LogP contribution in [0.3, 0.4) is 0 Å². The van der Waals surface area contributed by atoms with Crippen LogP contribution >= 0.6 is 0 Å². The van der Waals surface area contributed by atoms with Crippen LogP contribution < -0.4 is 11.1 Å². The number of nitro benzene ring substituents is 1. The van der Waals surface area contributed by atoms with E-state index in [0.717, 1.165) is 0 Å². The van der Waals surface area contributed by atoms with E-state index in [9.17, 15) is 14.9 Å². The van der Waals surface area contributed by atoms with Crippen LogP contribution in [0.4, 0.5) is 5.69 Å². The van der Waals surface area contributed by atoms with E-state index in [-0.39, 0.29) is 24.2 Å². The fourth-order valence-electron chi connectivity index (χ4n) is 1.81. The number of rotatable bonds is 7. The lowest BCUT2D eigenvalue weighted by Gasteiger charge is -2.19. The summed E-state index contributed by atoms with van der Waals surface area (Å²) in [7, 11) is 1.46. The number of nitro groups is 1. The number of hydrogen-bond acceptors (Lipinski definition) is 5. The number of amides is 1. The number of nitrogens with two attached hydrogens (primary N) is 1. The van der Waals surface area contributed by atoms with Crippen molar-refractivity contribution in [2.45, 2.75) is 25.4 Å². The number of ether oxygens (including phenoxy) is 1. The lowest BCUT2D eigenvalue weighted by molar-refractivity contribution is -0.384. The van der Waals surface area contributed by atoms with Crippen LogP contribution in [0.2, 0.25) is 0 Å². The Morgan fingerprint density at radius 1 is 1.55 bits per heavy atom. The lowest BCUT2D eigenvalue weighted by Crippen LogP contribution is -2.44. The standard InChI is InChI=1S/C13H19N3O4/c1-3-12(15-13(17)11(14)8-20-2)9-5-4-6-10(7-9)16(18)19/h4-7,11-12H,3,8,14H2,1-2H3,(H,15,17). The molecule has 7 heteroatoms. The molecule has 1 aromatic carbocycles. The molecule has 2 atom stereocenters. The van der Waals surface area contributed by atoms with Crippen molar-refractivity contribution in [1.82, 2.24) is 5.32 Å². The van der Waals surface area contributed by atoms with Gasteiger partial charge in [0.15, 0.2) is 0 Å². The highest BCUT2D eigenvalue weighted by atomic mass is 16.6. The Hall–Kier alpha value is -1.99. The zero-order chi connectivity index (χ0) is 15.1. The SMILES string of the molecule is CCC(NC(=O)C(N)COC)c1cccc([N+](=O)[O-])c1. The van der Waals surface area contributed by atoms with Gasteiger partial charge >= 0.3 is 0 Å². The molecule has 1 amide bonds. The average Bonchev–Trinajstić information content (AvgIpc) is 2.44. The molecule has 3 N–H and O–H groups in total. The number of nitrogens with one attached hydrogen (secondary N) is 1. The molecule has 0 saturated carbocycles. The second kappa shape index (κ2) is 7.56. The zero-order valence-electron chi connectivity index (χ0n) is 11.5. The molecule has 1 rings (SSSR count). The first-order chi connectivity index (χ1) is 9.49. The molecular weight excluding hydrogens is 262 g/mol. The van der Waals surface area contributed by atoms with Gasteiger partial charge in [0.1, 0.15) is 6.04 Å². The Kier molecular flexibility index (Phi) is 6.08. The van der Waals surface area contributed by atoms with Crippen LogP contribution in [0.15, 0.2) is 24.3 Å². The Bertz CT molecular complexity index is 478. The smallest absolute Gasteiger partial charge is 0.269 e. The monoisotopic (exact) mass is 281 g/mol. The van der Waals surface area contributed by atoms with Crippen molar-refractivity contribution in [2.75, 3.05) is 13.7 Å². The molecule has 0 heterocycles. The average molecular weight is 281 g/mol. The van der Waals surface area contributed by atoms with E-state index in [1.165, 1.54) is 19.2 Å². The van der Waals surface area contributed by atoms with Crippen molar-refractivity contribution < 1.29 is 14.5 Å². The number of methoxy groups -OCH3 is 1. The van der Waals surface area contributed by atoms with E-state index in [1.807, 2.05) is 6.92 Å². The Balaban J connectivity index is 2.83. The van der Waals surface area contributed by atoms with Gasteiger partial charge in [-0.1, -0.05) is 19.1 Å².